The van der Waals surface area contributed by atoms with Crippen LogP contribution in [0.2, 0.25) is 0 Å². The molecule has 122 valence electrons. The first-order valence-corrected chi connectivity index (χ1v) is 9.40. The van der Waals surface area contributed by atoms with Crippen LogP contribution in [-0.4, -0.2) is 34.0 Å². The molecule has 0 unspecified atom stereocenters. The molecule has 0 radical (unpaired) electrons. The molecule has 1 saturated heterocycles. The van der Waals surface area contributed by atoms with Crippen molar-refractivity contribution in [3.8, 4) is 0 Å². The van der Waals surface area contributed by atoms with Crippen LogP contribution < -0.4 is 4.72 Å². The number of nitrogens with one attached hydrogen (secondary N) is 1. The van der Waals surface area contributed by atoms with E-state index in [0.29, 0.717) is 30.6 Å². The van der Waals surface area contributed by atoms with Crippen molar-refractivity contribution >= 4 is 10.0 Å². The summed E-state index contributed by atoms with van der Waals surface area (Å²) < 4.78 is 37.9. The largest absolute Gasteiger partial charge is 0.348 e. The Hall–Kier alpha value is -0.950. The van der Waals surface area contributed by atoms with E-state index in [0.717, 1.165) is 25.7 Å². The Labute approximate surface area is 132 Å². The van der Waals surface area contributed by atoms with E-state index in [1.54, 1.807) is 19.1 Å². The molecule has 5 nitrogen and oxygen atoms in total. The molecule has 0 atom stereocenters. The summed E-state index contributed by atoms with van der Waals surface area (Å²) in [5.41, 5.74) is 1.20. The molecule has 6 heteroatoms. The Morgan fingerprint density at radius 2 is 1.73 bits per heavy atom. The molecule has 0 aromatic heterocycles. The first-order chi connectivity index (χ1) is 10.5. The van der Waals surface area contributed by atoms with Gasteiger partial charge in [0.05, 0.1) is 18.1 Å². The average Bonchev–Trinajstić information content (AvgIpc) is 2.96. The maximum atomic E-state index is 11.9. The van der Waals surface area contributed by atoms with Gasteiger partial charge in [-0.1, -0.05) is 19.1 Å². The minimum absolute atomic E-state index is 0.327. The third-order valence-electron chi connectivity index (χ3n) is 4.56. The van der Waals surface area contributed by atoms with Gasteiger partial charge >= 0.3 is 0 Å². The maximum absolute atomic E-state index is 11.9. The van der Waals surface area contributed by atoms with Crippen molar-refractivity contribution in [1.29, 1.82) is 0 Å². The molecule has 1 spiro atoms. The normalized spacial score (nSPS) is 22.2. The summed E-state index contributed by atoms with van der Waals surface area (Å²) in [7, 11) is -3.37. The van der Waals surface area contributed by atoms with Crippen molar-refractivity contribution in [2.24, 2.45) is 0 Å². The highest BCUT2D eigenvalue weighted by molar-refractivity contribution is 7.89. The van der Waals surface area contributed by atoms with Crippen LogP contribution in [0.3, 0.4) is 0 Å². The minimum Gasteiger partial charge on any atom is -0.348 e. The van der Waals surface area contributed by atoms with Gasteiger partial charge in [-0.05, 0) is 36.5 Å². The number of rotatable bonds is 4. The SMILES string of the molecule is CCNS(=O)(=O)c1ccc(C2CCC3(CC2)OCCO3)cc1. The van der Waals surface area contributed by atoms with Crippen molar-refractivity contribution in [2.45, 2.75) is 49.2 Å². The third kappa shape index (κ3) is 3.20. The van der Waals surface area contributed by atoms with E-state index in [-0.39, 0.29) is 5.79 Å². The summed E-state index contributed by atoms with van der Waals surface area (Å²) >= 11 is 0. The second-order valence-corrected chi connectivity index (χ2v) is 7.72. The molecule has 1 saturated carbocycles. The molecule has 22 heavy (non-hydrogen) atoms. The highest BCUT2D eigenvalue weighted by Gasteiger charge is 2.40. The van der Waals surface area contributed by atoms with Crippen LogP contribution in [0.25, 0.3) is 0 Å². The van der Waals surface area contributed by atoms with Gasteiger partial charge in [-0.25, -0.2) is 13.1 Å². The Kier molecular flexibility index (Phi) is 4.54. The molecule has 0 bridgehead atoms. The Balaban J connectivity index is 1.67. The highest BCUT2D eigenvalue weighted by Crippen LogP contribution is 2.42. The second-order valence-electron chi connectivity index (χ2n) is 5.95. The predicted octanol–water partition coefficient (Wildman–Crippen LogP) is 2.39. The molecular weight excluding hydrogens is 302 g/mol. The zero-order valence-electron chi connectivity index (χ0n) is 12.9. The fourth-order valence-corrected chi connectivity index (χ4v) is 4.41. The van der Waals surface area contributed by atoms with Gasteiger partial charge < -0.3 is 9.47 Å². The van der Waals surface area contributed by atoms with Crippen molar-refractivity contribution in [3.63, 3.8) is 0 Å². The van der Waals surface area contributed by atoms with Crippen molar-refractivity contribution in [3.05, 3.63) is 29.8 Å². The highest BCUT2D eigenvalue weighted by atomic mass is 32.2. The van der Waals surface area contributed by atoms with Gasteiger partial charge in [0, 0.05) is 19.4 Å². The number of hydrogen-bond donors (Lipinski definition) is 1. The Morgan fingerprint density at radius 3 is 2.27 bits per heavy atom. The first-order valence-electron chi connectivity index (χ1n) is 7.92. The van der Waals surface area contributed by atoms with Gasteiger partial charge in [0.2, 0.25) is 10.0 Å². The topological polar surface area (TPSA) is 64.6 Å². The van der Waals surface area contributed by atoms with Gasteiger partial charge in [-0.3, -0.25) is 0 Å². The lowest BCUT2D eigenvalue weighted by molar-refractivity contribution is -0.178. The summed E-state index contributed by atoms with van der Waals surface area (Å²) in [6, 6.07) is 7.26. The number of benzene rings is 1. The monoisotopic (exact) mass is 325 g/mol. The van der Waals surface area contributed by atoms with Crippen molar-refractivity contribution in [1.82, 2.24) is 4.72 Å². The first kappa shape index (κ1) is 15.9. The summed E-state index contributed by atoms with van der Waals surface area (Å²) in [6.07, 6.45) is 3.85. The molecule has 1 N–H and O–H groups in total. The summed E-state index contributed by atoms with van der Waals surface area (Å²) in [5, 5.41) is 0. The lowest BCUT2D eigenvalue weighted by atomic mass is 9.81. The molecule has 1 aliphatic heterocycles. The average molecular weight is 325 g/mol. The van der Waals surface area contributed by atoms with Crippen LogP contribution in [0.15, 0.2) is 29.2 Å². The lowest BCUT2D eigenvalue weighted by Gasteiger charge is -2.35. The van der Waals surface area contributed by atoms with Crippen LogP contribution in [0, 0.1) is 0 Å². The van der Waals surface area contributed by atoms with Gasteiger partial charge in [0.25, 0.3) is 0 Å². The fraction of sp³-hybridized carbons (Fsp3) is 0.625. The second kappa shape index (κ2) is 6.28. The lowest BCUT2D eigenvalue weighted by Crippen LogP contribution is -2.34. The molecule has 1 heterocycles. The van der Waals surface area contributed by atoms with Gasteiger partial charge in [-0.2, -0.15) is 0 Å². The summed E-state index contributed by atoms with van der Waals surface area (Å²) in [5.74, 6) is 0.111. The molecule has 1 aromatic carbocycles. The Morgan fingerprint density at radius 1 is 1.14 bits per heavy atom. The predicted molar refractivity (Wildman–Crippen MR) is 83.1 cm³/mol. The van der Waals surface area contributed by atoms with Gasteiger partial charge in [0.15, 0.2) is 5.79 Å². The van der Waals surface area contributed by atoms with E-state index in [9.17, 15) is 8.42 Å². The number of hydrogen-bond acceptors (Lipinski definition) is 4. The quantitative estimate of drug-likeness (QED) is 0.923. The van der Waals surface area contributed by atoms with Crippen LogP contribution in [0.4, 0.5) is 0 Å². The molecule has 2 fully saturated rings. The Bertz CT molecular complexity index is 596. The molecule has 2 aliphatic rings. The van der Waals surface area contributed by atoms with Crippen LogP contribution in [0.5, 0.6) is 0 Å². The van der Waals surface area contributed by atoms with E-state index in [1.807, 2.05) is 12.1 Å². The standard InChI is InChI=1S/C16H23NO4S/c1-2-17-22(18,19)15-5-3-13(4-6-15)14-7-9-16(10-8-14)20-11-12-21-16/h3-6,14,17H,2,7-12H2,1H3. The minimum atomic E-state index is -3.37. The maximum Gasteiger partial charge on any atom is 0.240 e. The van der Waals surface area contributed by atoms with Gasteiger partial charge in [0.1, 0.15) is 0 Å². The van der Waals surface area contributed by atoms with E-state index in [2.05, 4.69) is 4.72 Å². The van der Waals surface area contributed by atoms with Crippen LogP contribution in [-0.2, 0) is 19.5 Å². The van der Waals surface area contributed by atoms with E-state index in [1.165, 1.54) is 5.56 Å². The summed E-state index contributed by atoms with van der Waals surface area (Å²) in [4.78, 5) is 0.327. The van der Waals surface area contributed by atoms with Crippen molar-refractivity contribution < 1.29 is 17.9 Å². The summed E-state index contributed by atoms with van der Waals surface area (Å²) in [6.45, 7) is 3.56. The molecule has 1 aliphatic carbocycles. The zero-order valence-corrected chi connectivity index (χ0v) is 13.7. The van der Waals surface area contributed by atoms with Gasteiger partial charge in [-0.15, -0.1) is 0 Å². The van der Waals surface area contributed by atoms with Crippen LogP contribution in [0.1, 0.15) is 44.1 Å². The molecule has 1 aromatic rings. The van der Waals surface area contributed by atoms with E-state index >= 15 is 0 Å². The smallest absolute Gasteiger partial charge is 0.240 e. The molecular formula is C16H23NO4S. The van der Waals surface area contributed by atoms with Crippen LogP contribution >= 0.6 is 0 Å². The number of sulfonamides is 1. The molecule has 3 rings (SSSR count). The van der Waals surface area contributed by atoms with E-state index < -0.39 is 10.0 Å². The third-order valence-corrected chi connectivity index (χ3v) is 6.12. The fourth-order valence-electron chi connectivity index (χ4n) is 3.37. The number of ether oxygens (including phenoxy) is 2. The molecule has 0 amide bonds. The zero-order chi connectivity index (χ0) is 15.6. The van der Waals surface area contributed by atoms with Crippen molar-refractivity contribution in [2.75, 3.05) is 19.8 Å². The van der Waals surface area contributed by atoms with E-state index in [4.69, 9.17) is 9.47 Å².